The first kappa shape index (κ1) is 99.2. The zero-order valence-corrected chi connectivity index (χ0v) is 66.9. The number of rotatable bonds is 38. The van der Waals surface area contributed by atoms with Crippen molar-refractivity contribution in [1.29, 1.82) is 0 Å². The maximum Gasteiger partial charge on any atom is 0.329 e. The number of aliphatic carboxylic acids is 4. The zero-order chi connectivity index (χ0) is 89.6. The highest BCUT2D eigenvalue weighted by atomic mass is 16.5. The fourth-order valence-corrected chi connectivity index (χ4v) is 12.4. The lowest BCUT2D eigenvalue weighted by Gasteiger charge is -2.30. The average Bonchev–Trinajstić information content (AvgIpc) is 1.40. The van der Waals surface area contributed by atoms with Crippen LogP contribution in [0.15, 0.2) is 54.7 Å². The SMILES string of the molecule is CCC(C)CCCCCCCCCC(=O)N[C@@H](Cc1c[nH]c2ccccc12)C(=O)N[C@H](CC(N)=O)C(=O)N[C@@H](CC(=O)O)C(=O)N[C@@H]1C(=O)NCC(=O)N[C@@H](CCCN)C(=O)N[C@@H](CC(=O)O)C(=O)N[C@H](C)C(=O)N[C@@H](CC(=O)O)C(=O)NCC(=O)N[C@H](C(N)=O)C(=O)N[C@@H](C(C)CC(=O)O)C(=O)N[C@@H](CC(=O)c2ccccc2N)C(=O)O[C@@H]1C. The minimum atomic E-state index is -2.56. The fraction of sp³-hybridized carbons (Fsp3) is 0.539. The summed E-state index contributed by atoms with van der Waals surface area (Å²) in [6.07, 6.45) is -0.210. The highest BCUT2D eigenvalue weighted by Gasteiger charge is 2.42. The van der Waals surface area contributed by atoms with E-state index in [2.05, 4.69) is 66.7 Å². The van der Waals surface area contributed by atoms with Crippen molar-refractivity contribution in [1.82, 2.24) is 74.1 Å². The number of carboxylic acids is 4. The van der Waals surface area contributed by atoms with Crippen LogP contribution in [-0.2, 0) is 107 Å². The van der Waals surface area contributed by atoms with Gasteiger partial charge >= 0.3 is 29.8 Å². The summed E-state index contributed by atoms with van der Waals surface area (Å²) >= 11 is 0. The van der Waals surface area contributed by atoms with E-state index in [1.165, 1.54) is 24.3 Å². The Morgan fingerprint density at radius 1 is 0.542 bits per heavy atom. The molecule has 2 unspecified atom stereocenters. The zero-order valence-electron chi connectivity index (χ0n) is 66.9. The van der Waals surface area contributed by atoms with Gasteiger partial charge in [0.15, 0.2) is 11.8 Å². The summed E-state index contributed by atoms with van der Waals surface area (Å²) in [5.41, 5.74) is 23.5. The van der Waals surface area contributed by atoms with Gasteiger partial charge in [-0.1, -0.05) is 102 Å². The number of para-hydroxylation sites is 2. The van der Waals surface area contributed by atoms with Crippen LogP contribution in [0.5, 0.6) is 0 Å². The number of nitrogens with one attached hydrogen (secondary N) is 14. The van der Waals surface area contributed by atoms with E-state index in [1.54, 1.807) is 30.5 Å². The molecule has 0 saturated carbocycles. The summed E-state index contributed by atoms with van der Waals surface area (Å²) in [5, 5.41) is 68.0. The number of aromatic nitrogens is 1. The molecule has 14 atom stereocenters. The van der Waals surface area contributed by atoms with E-state index in [0.29, 0.717) is 35.2 Å². The van der Waals surface area contributed by atoms with Gasteiger partial charge in [0.25, 0.3) is 5.91 Å². The van der Waals surface area contributed by atoms with Crippen molar-refractivity contribution in [3.8, 4) is 0 Å². The molecular formula is C76H108N18O26. The van der Waals surface area contributed by atoms with Gasteiger partial charge in [0, 0.05) is 47.6 Å². The fourth-order valence-electron chi connectivity index (χ4n) is 12.4. The number of nitrogen functional groups attached to an aromatic ring is 1. The van der Waals surface area contributed by atoms with Crippen molar-refractivity contribution >= 4 is 141 Å². The maximum atomic E-state index is 14.9. The van der Waals surface area contributed by atoms with Crippen molar-refractivity contribution in [2.45, 2.75) is 229 Å². The molecule has 2 aromatic carbocycles. The van der Waals surface area contributed by atoms with E-state index in [4.69, 9.17) is 27.7 Å². The molecule has 0 aliphatic carbocycles. The van der Waals surface area contributed by atoms with Gasteiger partial charge in [-0.25, -0.2) is 4.79 Å². The number of primary amides is 2. The molecule has 120 heavy (non-hydrogen) atoms. The first-order valence-corrected chi connectivity index (χ1v) is 38.8. The quantitative estimate of drug-likeness (QED) is 0.00842. The largest absolute Gasteiger partial charge is 0.481 e. The summed E-state index contributed by atoms with van der Waals surface area (Å²) in [6.45, 7) is 4.51. The molecule has 3 aromatic rings. The van der Waals surface area contributed by atoms with Crippen molar-refractivity contribution in [3.05, 3.63) is 65.9 Å². The molecule has 44 nitrogen and oxygen atoms in total. The normalized spacial score (nSPS) is 21.0. The Hall–Kier alpha value is -13.2. The van der Waals surface area contributed by atoms with E-state index in [0.717, 1.165) is 65.7 Å². The Morgan fingerprint density at radius 3 is 1.69 bits per heavy atom. The summed E-state index contributed by atoms with van der Waals surface area (Å²) < 4.78 is 5.68. The van der Waals surface area contributed by atoms with Crippen molar-refractivity contribution in [2.24, 2.45) is 29.0 Å². The topological polar surface area (TPSA) is 725 Å². The molecule has 1 aromatic heterocycles. The minimum absolute atomic E-state index is 0.0243. The lowest BCUT2D eigenvalue weighted by Crippen LogP contribution is -2.62. The molecule has 658 valence electrons. The second-order valence-corrected chi connectivity index (χ2v) is 29.0. The number of hydrogen-bond acceptors (Lipinski definition) is 24. The van der Waals surface area contributed by atoms with E-state index < -0.39 is 261 Å². The lowest BCUT2D eigenvalue weighted by atomic mass is 9.95. The molecule has 1 fully saturated rings. The first-order valence-electron chi connectivity index (χ1n) is 38.8. The van der Waals surface area contributed by atoms with Crippen LogP contribution in [0.3, 0.4) is 0 Å². The number of cyclic esters (lactones) is 1. The number of fused-ring (bicyclic) bond motifs is 1. The van der Waals surface area contributed by atoms with Gasteiger partial charge in [0.1, 0.15) is 66.5 Å². The number of carbonyl (C=O) groups is 21. The molecule has 0 bridgehead atoms. The van der Waals surface area contributed by atoms with Gasteiger partial charge in [0.05, 0.1) is 45.2 Å². The Morgan fingerprint density at radius 2 is 1.09 bits per heavy atom. The highest BCUT2D eigenvalue weighted by molar-refractivity contribution is 6.09. The molecule has 2 heterocycles. The number of H-pyrrole nitrogens is 1. The molecule has 0 spiro atoms. The number of nitrogens with two attached hydrogens (primary N) is 4. The number of ether oxygens (including phenoxy) is 1. The van der Waals surface area contributed by atoms with Gasteiger partial charge in [-0.15, -0.1) is 0 Å². The van der Waals surface area contributed by atoms with Crippen LogP contribution in [-0.4, -0.2) is 242 Å². The number of carboxylic acid groups (broad SMARTS) is 4. The molecule has 26 N–H and O–H groups in total. The number of benzene rings is 2. The summed E-state index contributed by atoms with van der Waals surface area (Å²) in [4.78, 5) is 290. The number of unbranched alkanes of at least 4 members (excludes halogenated alkanes) is 6. The predicted molar refractivity (Wildman–Crippen MR) is 421 cm³/mol. The average molecular weight is 1690 g/mol. The Bertz CT molecular complexity index is 4230. The lowest BCUT2D eigenvalue weighted by molar-refractivity contribution is -0.156. The number of aromatic amines is 1. The Labute approximate surface area is 687 Å². The van der Waals surface area contributed by atoms with Crippen LogP contribution in [0.2, 0.25) is 0 Å². The summed E-state index contributed by atoms with van der Waals surface area (Å²) in [7, 11) is 0. The van der Waals surface area contributed by atoms with Crippen LogP contribution in [0, 0.1) is 11.8 Å². The van der Waals surface area contributed by atoms with Crippen LogP contribution >= 0.6 is 0 Å². The van der Waals surface area contributed by atoms with E-state index in [9.17, 15) is 121 Å². The van der Waals surface area contributed by atoms with Crippen LogP contribution in [0.25, 0.3) is 10.9 Å². The second kappa shape index (κ2) is 49.8. The smallest absolute Gasteiger partial charge is 0.329 e. The maximum absolute atomic E-state index is 14.9. The van der Waals surface area contributed by atoms with E-state index in [1.807, 2.05) is 21.3 Å². The monoisotopic (exact) mass is 1690 g/mol. The third kappa shape index (κ3) is 34.2. The molecule has 1 aliphatic heterocycles. The summed E-state index contributed by atoms with van der Waals surface area (Å²) in [5.74, 6) is -31.7. The van der Waals surface area contributed by atoms with E-state index >= 15 is 0 Å². The number of anilines is 1. The highest BCUT2D eigenvalue weighted by Crippen LogP contribution is 2.22. The van der Waals surface area contributed by atoms with Crippen LogP contribution in [0.4, 0.5) is 5.69 Å². The van der Waals surface area contributed by atoms with Gasteiger partial charge in [-0.05, 0) is 75.3 Å². The van der Waals surface area contributed by atoms with Gasteiger partial charge in [-0.2, -0.15) is 0 Å². The standard InChI is InChI=1S/C76H108N18O26/c1-6-37(2)19-12-10-8-7-9-11-13-25-55(97)86-47(28-41-34-81-45-23-17-15-20-42(41)45)70(113)88-48(30-54(79)96)71(114)90-51(33-61(106)107)72(115)94-63-40(5)120-76(119)52(29-53(95)43-21-14-16-22-44(43)78)91-74(117)62(38(3)27-58(100)101)93-75(118)64(65(80)108)92-57(99)36-82-67(110)49(31-59(102)103)87-66(109)39(4)84-69(112)50(32-60(104)105)89-68(111)46(24-18-26-77)85-56(98)35-83-73(63)116/h14-17,20-23,34,37-40,46-52,62-64,81H,6-13,18-19,24-33,35-36,77-78H2,1-5H3,(H2,79,96)(H2,80,108)(H,82,110)(H,83,116)(H,84,112)(H,85,98)(H,86,97)(H,87,109)(H,88,113)(H,89,111)(H,90,114)(H,91,117)(H,92,99)(H,93,118)(H,94,115)(H,100,101)(H,102,103)(H,104,105)(H,106,107)/t37?,38?,39-,40-,46+,47+,48-,49+,50+,51+,52+,62+,63+,64-/m1/s1. The third-order valence-electron chi connectivity index (χ3n) is 19.2. The third-order valence-corrected chi connectivity index (χ3v) is 19.2. The minimum Gasteiger partial charge on any atom is -0.481 e. The molecule has 1 saturated heterocycles. The van der Waals surface area contributed by atoms with Gasteiger partial charge in [-0.3, -0.25) is 95.9 Å². The molecule has 0 radical (unpaired) electrons. The first-order chi connectivity index (χ1) is 56.6. The van der Waals surface area contributed by atoms with E-state index in [-0.39, 0.29) is 37.1 Å². The molecule has 1 aliphatic rings. The summed E-state index contributed by atoms with van der Waals surface area (Å²) in [6, 6.07) is -11.4. The number of carbonyl (C=O) groups excluding carboxylic acids is 17. The van der Waals surface area contributed by atoms with Crippen LogP contribution < -0.4 is 92.1 Å². The molecular weight excluding hydrogens is 1580 g/mol. The van der Waals surface area contributed by atoms with Crippen LogP contribution in [0.1, 0.15) is 166 Å². The second-order valence-electron chi connectivity index (χ2n) is 29.0. The van der Waals surface area contributed by atoms with Gasteiger partial charge in [0.2, 0.25) is 82.7 Å². The number of amides is 15. The van der Waals surface area contributed by atoms with Crippen molar-refractivity contribution < 1.29 is 126 Å². The van der Waals surface area contributed by atoms with Crippen molar-refractivity contribution in [2.75, 3.05) is 25.4 Å². The number of ketones is 1. The predicted octanol–water partition coefficient (Wildman–Crippen LogP) is -4.71. The van der Waals surface area contributed by atoms with Gasteiger partial charge < -0.3 is 122 Å². The molecule has 44 heteroatoms. The Balaban J connectivity index is 1.86. The number of esters is 1. The number of hydrogen-bond donors (Lipinski definition) is 22. The van der Waals surface area contributed by atoms with Crippen molar-refractivity contribution in [3.63, 3.8) is 0 Å². The number of Topliss-reactive ketones (excluding diaryl/α,β-unsaturated/α-hetero) is 1. The molecule has 15 amide bonds. The molecule has 4 rings (SSSR count). The Kier molecular flexibility index (Phi) is 41.1.